The quantitative estimate of drug-likeness (QED) is 0.741. The monoisotopic (exact) mass is 276 g/mol. The highest BCUT2D eigenvalue weighted by atomic mass is 79.9. The second-order valence-electron chi connectivity index (χ2n) is 4.35. The first kappa shape index (κ1) is 11.4. The molecule has 2 aliphatic heterocycles. The topological polar surface area (TPSA) is 43.8 Å². The van der Waals surface area contributed by atoms with E-state index < -0.39 is 0 Å². The van der Waals surface area contributed by atoms with Crippen LogP contribution in [0.25, 0.3) is 0 Å². The zero-order valence-corrected chi connectivity index (χ0v) is 10.3. The van der Waals surface area contributed by atoms with Gasteiger partial charge in [0.15, 0.2) is 0 Å². The second kappa shape index (κ2) is 4.80. The van der Waals surface area contributed by atoms with Crippen LogP contribution in [0.1, 0.15) is 12.8 Å². The van der Waals surface area contributed by atoms with Gasteiger partial charge in [-0.15, -0.1) is 0 Å². The van der Waals surface area contributed by atoms with Gasteiger partial charge in [-0.05, 0) is 6.42 Å². The Labute approximate surface area is 98.4 Å². The van der Waals surface area contributed by atoms with Crippen LogP contribution in [0.5, 0.6) is 0 Å². The number of halogens is 1. The number of alkyl halides is 1. The van der Waals surface area contributed by atoms with Gasteiger partial charge in [0, 0.05) is 44.0 Å². The summed E-state index contributed by atoms with van der Waals surface area (Å²) in [6.07, 6.45) is 1.40. The average molecular weight is 277 g/mol. The van der Waals surface area contributed by atoms with Crippen molar-refractivity contribution in [3.05, 3.63) is 0 Å². The van der Waals surface area contributed by atoms with Crippen LogP contribution in [-0.4, -0.2) is 64.5 Å². The third kappa shape index (κ3) is 2.52. The molecule has 2 rings (SSSR count). The molecule has 1 amide bonds. The molecule has 0 spiro atoms. The fourth-order valence-electron chi connectivity index (χ4n) is 2.44. The van der Waals surface area contributed by atoms with Crippen molar-refractivity contribution < 1.29 is 9.90 Å². The Morgan fingerprint density at radius 2 is 2.33 bits per heavy atom. The lowest BCUT2D eigenvalue weighted by molar-refractivity contribution is -0.130. The molecule has 0 aromatic rings. The molecule has 2 aliphatic rings. The Bertz CT molecular complexity index is 250. The molecule has 0 radical (unpaired) electrons. The summed E-state index contributed by atoms with van der Waals surface area (Å²) in [5.41, 5.74) is 0. The van der Waals surface area contributed by atoms with Gasteiger partial charge < -0.3 is 10.0 Å². The fourth-order valence-corrected chi connectivity index (χ4v) is 2.65. The Kier molecular flexibility index (Phi) is 3.64. The van der Waals surface area contributed by atoms with Crippen LogP contribution in [0.3, 0.4) is 0 Å². The highest BCUT2D eigenvalue weighted by molar-refractivity contribution is 9.09. The molecular weight excluding hydrogens is 260 g/mol. The Morgan fingerprint density at radius 1 is 1.53 bits per heavy atom. The van der Waals surface area contributed by atoms with Crippen molar-refractivity contribution in [1.82, 2.24) is 9.80 Å². The number of piperazine rings is 1. The summed E-state index contributed by atoms with van der Waals surface area (Å²) in [7, 11) is 0. The van der Waals surface area contributed by atoms with Gasteiger partial charge >= 0.3 is 0 Å². The zero-order valence-electron chi connectivity index (χ0n) is 8.73. The molecule has 0 aromatic heterocycles. The molecule has 15 heavy (non-hydrogen) atoms. The van der Waals surface area contributed by atoms with E-state index in [1.165, 1.54) is 0 Å². The molecule has 2 unspecified atom stereocenters. The van der Waals surface area contributed by atoms with Crippen molar-refractivity contribution in [3.63, 3.8) is 0 Å². The van der Waals surface area contributed by atoms with Gasteiger partial charge in [0.25, 0.3) is 0 Å². The van der Waals surface area contributed by atoms with Crippen molar-refractivity contribution in [2.24, 2.45) is 0 Å². The van der Waals surface area contributed by atoms with Crippen LogP contribution in [0.15, 0.2) is 0 Å². The number of nitrogens with zero attached hydrogens (tertiary/aromatic N) is 2. The van der Waals surface area contributed by atoms with E-state index in [0.29, 0.717) is 30.2 Å². The smallest absolute Gasteiger partial charge is 0.222 e. The van der Waals surface area contributed by atoms with Crippen molar-refractivity contribution in [2.45, 2.75) is 25.0 Å². The van der Waals surface area contributed by atoms with Crippen LogP contribution in [0.4, 0.5) is 0 Å². The number of carbonyl (C=O) groups excluding carboxylic acids is 1. The first-order valence-corrected chi connectivity index (χ1v) is 6.58. The summed E-state index contributed by atoms with van der Waals surface area (Å²) in [6, 6.07) is 0.397. The molecule has 0 bridgehead atoms. The Balaban J connectivity index is 1.85. The number of aliphatic hydroxyl groups excluding tert-OH is 1. The highest BCUT2D eigenvalue weighted by Gasteiger charge is 2.35. The lowest BCUT2D eigenvalue weighted by atomic mass is 10.1. The van der Waals surface area contributed by atoms with E-state index in [4.69, 9.17) is 0 Å². The number of fused-ring (bicyclic) bond motifs is 1. The molecule has 2 saturated heterocycles. The van der Waals surface area contributed by atoms with Gasteiger partial charge in [-0.2, -0.15) is 0 Å². The van der Waals surface area contributed by atoms with E-state index in [2.05, 4.69) is 20.8 Å². The number of rotatable bonds is 3. The van der Waals surface area contributed by atoms with E-state index in [1.54, 1.807) is 0 Å². The van der Waals surface area contributed by atoms with Crippen molar-refractivity contribution >= 4 is 21.8 Å². The van der Waals surface area contributed by atoms with Gasteiger partial charge in [0.05, 0.1) is 6.10 Å². The van der Waals surface area contributed by atoms with Gasteiger partial charge in [0.2, 0.25) is 5.91 Å². The van der Waals surface area contributed by atoms with Crippen LogP contribution in [0, 0.1) is 0 Å². The molecule has 0 aliphatic carbocycles. The minimum Gasteiger partial charge on any atom is -0.391 e. The molecule has 2 heterocycles. The molecule has 0 saturated carbocycles. The number of amides is 1. The first-order valence-electron chi connectivity index (χ1n) is 5.46. The lowest BCUT2D eigenvalue weighted by Gasteiger charge is -2.38. The third-order valence-corrected chi connectivity index (χ3v) is 3.97. The van der Waals surface area contributed by atoms with E-state index in [-0.39, 0.29) is 6.10 Å². The minimum atomic E-state index is -0.298. The predicted molar refractivity (Wildman–Crippen MR) is 61.0 cm³/mol. The summed E-state index contributed by atoms with van der Waals surface area (Å²) >= 11 is 3.27. The largest absolute Gasteiger partial charge is 0.391 e. The summed E-state index contributed by atoms with van der Waals surface area (Å²) in [6.45, 7) is 3.37. The molecule has 4 nitrogen and oxygen atoms in total. The second-order valence-corrected chi connectivity index (χ2v) is 4.99. The van der Waals surface area contributed by atoms with Crippen LogP contribution in [-0.2, 0) is 4.79 Å². The zero-order chi connectivity index (χ0) is 10.8. The summed E-state index contributed by atoms with van der Waals surface area (Å²) < 4.78 is 0. The maximum atomic E-state index is 11.4. The average Bonchev–Trinajstić information content (AvgIpc) is 2.60. The van der Waals surface area contributed by atoms with Crippen LogP contribution in [0.2, 0.25) is 0 Å². The van der Waals surface area contributed by atoms with E-state index >= 15 is 0 Å². The number of β-amino-alcohol motifs (C(OH)–C–C–N with tert-alkyl or cyclic N) is 1. The van der Waals surface area contributed by atoms with E-state index in [0.717, 1.165) is 26.1 Å². The molecule has 5 heteroatoms. The SMILES string of the molecule is O=C1CCC2CN(CC(O)CBr)CCN12. The first-order chi connectivity index (χ1) is 7.20. The van der Waals surface area contributed by atoms with Crippen LogP contribution < -0.4 is 0 Å². The van der Waals surface area contributed by atoms with Gasteiger partial charge in [-0.3, -0.25) is 9.69 Å². The van der Waals surface area contributed by atoms with Gasteiger partial charge in [-0.25, -0.2) is 0 Å². The number of carbonyl (C=O) groups is 1. The normalized spacial score (nSPS) is 29.3. The van der Waals surface area contributed by atoms with Gasteiger partial charge in [0.1, 0.15) is 0 Å². The van der Waals surface area contributed by atoms with Crippen molar-refractivity contribution in [2.75, 3.05) is 31.5 Å². The van der Waals surface area contributed by atoms with Crippen molar-refractivity contribution in [1.29, 1.82) is 0 Å². The standard InChI is InChI=1S/C10H17BrN2O2/c11-5-9(14)7-12-3-4-13-8(6-12)1-2-10(13)15/h8-9,14H,1-7H2. The Morgan fingerprint density at radius 3 is 3.07 bits per heavy atom. The van der Waals surface area contributed by atoms with E-state index in [1.807, 2.05) is 4.90 Å². The molecule has 0 aromatic carbocycles. The third-order valence-electron chi connectivity index (χ3n) is 3.23. The number of hydrogen-bond donors (Lipinski definition) is 1. The molecular formula is C10H17BrN2O2. The maximum absolute atomic E-state index is 11.4. The molecule has 86 valence electrons. The predicted octanol–water partition coefficient (Wildman–Crippen LogP) is 0.0488. The fraction of sp³-hybridized carbons (Fsp3) is 0.900. The summed E-state index contributed by atoms with van der Waals surface area (Å²) in [5.74, 6) is 0.306. The molecule has 2 atom stereocenters. The number of hydrogen-bond acceptors (Lipinski definition) is 3. The summed E-state index contributed by atoms with van der Waals surface area (Å²) in [4.78, 5) is 15.7. The summed E-state index contributed by atoms with van der Waals surface area (Å²) in [5, 5.41) is 10.2. The minimum absolute atomic E-state index is 0.298. The number of aliphatic hydroxyl groups is 1. The van der Waals surface area contributed by atoms with Gasteiger partial charge in [-0.1, -0.05) is 15.9 Å². The molecule has 2 fully saturated rings. The highest BCUT2D eigenvalue weighted by Crippen LogP contribution is 2.22. The lowest BCUT2D eigenvalue weighted by Crippen LogP contribution is -2.53. The van der Waals surface area contributed by atoms with Crippen molar-refractivity contribution in [3.8, 4) is 0 Å². The maximum Gasteiger partial charge on any atom is 0.222 e. The van der Waals surface area contributed by atoms with Crippen LogP contribution >= 0.6 is 15.9 Å². The molecule has 1 N–H and O–H groups in total. The van der Waals surface area contributed by atoms with E-state index in [9.17, 15) is 9.90 Å². The Hall–Kier alpha value is -0.130.